The molecule has 0 saturated carbocycles. The number of H-pyrrole nitrogens is 1. The van der Waals surface area contributed by atoms with Crippen molar-refractivity contribution in [2.24, 2.45) is 0 Å². The Hall–Kier alpha value is -4.44. The number of carbonyl (C=O) groups is 1. The van der Waals surface area contributed by atoms with Gasteiger partial charge in [-0.15, -0.1) is 0 Å². The zero-order valence-corrected chi connectivity index (χ0v) is 22.2. The first kappa shape index (κ1) is 25.8. The number of aromatic amines is 1. The minimum absolute atomic E-state index is 0.290. The van der Waals surface area contributed by atoms with Crippen LogP contribution in [0.15, 0.2) is 78.6 Å². The number of amides is 1. The van der Waals surface area contributed by atoms with Gasteiger partial charge in [0.2, 0.25) is 5.95 Å². The monoisotopic (exact) mass is 560 g/mol. The van der Waals surface area contributed by atoms with Gasteiger partial charge in [0.05, 0.1) is 18.3 Å². The lowest BCUT2D eigenvalue weighted by Crippen LogP contribution is -2.42. The molecule has 11 heteroatoms. The van der Waals surface area contributed by atoms with Crippen molar-refractivity contribution < 1.29 is 18.7 Å². The van der Waals surface area contributed by atoms with Gasteiger partial charge in [0.15, 0.2) is 0 Å². The fraction of sp³-hybridized carbons (Fsp3) is 0.241. The summed E-state index contributed by atoms with van der Waals surface area (Å²) in [6.45, 7) is 1.46. The van der Waals surface area contributed by atoms with E-state index in [0.717, 1.165) is 33.5 Å². The van der Waals surface area contributed by atoms with Gasteiger partial charge in [0.25, 0.3) is 0 Å². The lowest BCUT2D eigenvalue weighted by molar-refractivity contribution is 0.132. The largest absolute Gasteiger partial charge is 0.496 e. The molecule has 2 aliphatic rings. The zero-order valence-electron chi connectivity index (χ0n) is 21.4. The van der Waals surface area contributed by atoms with Crippen molar-refractivity contribution in [3.8, 4) is 5.75 Å². The Morgan fingerprint density at radius 2 is 1.93 bits per heavy atom. The number of allylic oxidation sites excluding steroid dienone is 3. The molecule has 6 rings (SSSR count). The van der Waals surface area contributed by atoms with E-state index in [1.807, 2.05) is 30.4 Å². The van der Waals surface area contributed by atoms with E-state index in [0.29, 0.717) is 55.7 Å². The molecule has 4 aromatic rings. The second-order valence-electron chi connectivity index (χ2n) is 9.49. The lowest BCUT2D eigenvalue weighted by atomic mass is 9.88. The van der Waals surface area contributed by atoms with Crippen molar-refractivity contribution in [3.63, 3.8) is 0 Å². The van der Waals surface area contributed by atoms with Crippen LogP contribution >= 0.6 is 11.6 Å². The van der Waals surface area contributed by atoms with E-state index < -0.39 is 11.9 Å². The second kappa shape index (κ2) is 11.4. The zero-order chi connectivity index (χ0) is 27.5. The van der Waals surface area contributed by atoms with Crippen molar-refractivity contribution in [2.75, 3.05) is 25.0 Å². The highest BCUT2D eigenvalue weighted by Crippen LogP contribution is 2.42. The van der Waals surface area contributed by atoms with Gasteiger partial charge in [0.1, 0.15) is 30.8 Å². The fourth-order valence-corrected chi connectivity index (χ4v) is 5.33. The Balaban J connectivity index is 1.23. The maximum absolute atomic E-state index is 13.4. The van der Waals surface area contributed by atoms with Crippen molar-refractivity contribution in [1.29, 1.82) is 0 Å². The summed E-state index contributed by atoms with van der Waals surface area (Å²) in [4.78, 5) is 30.6. The number of carbonyl (C=O) groups excluding carboxylic acids is 1. The van der Waals surface area contributed by atoms with Crippen LogP contribution in [0, 0.1) is 5.82 Å². The normalized spacial score (nSPS) is 16.6. The SMILES string of the molecule is O=C(Oc1ccc(F)cc1)N1CCc2c([nH]c3ccc(Cl)cc23)C1C1=CC=C(OCCNc2ncncn2)CC1. The minimum atomic E-state index is -0.490. The van der Waals surface area contributed by atoms with Crippen molar-refractivity contribution in [3.05, 3.63) is 101 Å². The average Bonchev–Trinajstić information content (AvgIpc) is 3.35. The van der Waals surface area contributed by atoms with Crippen LogP contribution in [0.5, 0.6) is 5.75 Å². The van der Waals surface area contributed by atoms with Crippen LogP contribution in [0.4, 0.5) is 15.1 Å². The summed E-state index contributed by atoms with van der Waals surface area (Å²) in [6.07, 6.45) is 8.40. The summed E-state index contributed by atoms with van der Waals surface area (Å²) >= 11 is 6.31. The molecule has 3 heterocycles. The van der Waals surface area contributed by atoms with Gasteiger partial charge in [-0.3, -0.25) is 4.90 Å². The Bertz CT molecular complexity index is 1590. The number of rotatable bonds is 7. The first-order valence-corrected chi connectivity index (χ1v) is 13.4. The molecule has 0 spiro atoms. The minimum Gasteiger partial charge on any atom is -0.496 e. The third-order valence-corrected chi connectivity index (χ3v) is 7.24. The molecule has 2 N–H and O–H groups in total. The third kappa shape index (κ3) is 5.48. The fourth-order valence-electron chi connectivity index (χ4n) is 5.16. The average molecular weight is 561 g/mol. The molecule has 0 fully saturated rings. The summed E-state index contributed by atoms with van der Waals surface area (Å²) in [7, 11) is 0. The predicted molar refractivity (Wildman–Crippen MR) is 149 cm³/mol. The molecule has 2 aromatic carbocycles. The standard InChI is InChI=1S/C29H26ClFN6O3/c30-19-3-10-25-24(15-19)23-11-13-37(29(38)40-22-8-4-20(31)5-9-22)27(26(23)36-25)18-1-6-21(7-2-18)39-14-12-33-28-34-16-32-17-35-28/h1,3-6,8-10,15-17,27,36H,2,7,11-14H2,(H,32,33,34,35). The molecule has 1 aliphatic heterocycles. The van der Waals surface area contributed by atoms with Crippen LogP contribution in [0.25, 0.3) is 10.9 Å². The maximum Gasteiger partial charge on any atom is 0.416 e. The molecular formula is C29H26ClFN6O3. The lowest BCUT2D eigenvalue weighted by Gasteiger charge is -2.37. The summed E-state index contributed by atoms with van der Waals surface area (Å²) < 4.78 is 25.0. The smallest absolute Gasteiger partial charge is 0.416 e. The van der Waals surface area contributed by atoms with Gasteiger partial charge in [-0.2, -0.15) is 0 Å². The number of halogens is 2. The van der Waals surface area contributed by atoms with E-state index >= 15 is 0 Å². The third-order valence-electron chi connectivity index (χ3n) is 7.00. The van der Waals surface area contributed by atoms with Gasteiger partial charge in [-0.25, -0.2) is 24.1 Å². The highest BCUT2D eigenvalue weighted by atomic mass is 35.5. The Kier molecular flexibility index (Phi) is 7.33. The molecule has 2 aromatic heterocycles. The van der Waals surface area contributed by atoms with Crippen LogP contribution in [-0.2, 0) is 11.2 Å². The van der Waals surface area contributed by atoms with Crippen molar-refractivity contribution >= 4 is 34.5 Å². The van der Waals surface area contributed by atoms with Crippen molar-refractivity contribution in [1.82, 2.24) is 24.8 Å². The Morgan fingerprint density at radius 3 is 2.70 bits per heavy atom. The Morgan fingerprint density at radius 1 is 1.10 bits per heavy atom. The molecule has 0 bridgehead atoms. The van der Waals surface area contributed by atoms with Gasteiger partial charge >= 0.3 is 6.09 Å². The van der Waals surface area contributed by atoms with Crippen LogP contribution in [-0.4, -0.2) is 50.6 Å². The Labute approximate surface area is 234 Å². The van der Waals surface area contributed by atoms with Crippen LogP contribution in [0.3, 0.4) is 0 Å². The molecule has 1 atom stereocenters. The van der Waals surface area contributed by atoms with E-state index in [1.165, 1.54) is 36.9 Å². The van der Waals surface area contributed by atoms with E-state index in [4.69, 9.17) is 21.1 Å². The second-order valence-corrected chi connectivity index (χ2v) is 9.92. The van der Waals surface area contributed by atoms with E-state index in [2.05, 4.69) is 25.3 Å². The number of nitrogens with zero attached hydrogens (tertiary/aromatic N) is 4. The highest BCUT2D eigenvalue weighted by Gasteiger charge is 2.37. The molecule has 0 saturated heterocycles. The molecule has 1 aliphatic carbocycles. The number of nitrogens with one attached hydrogen (secondary N) is 2. The quantitative estimate of drug-likeness (QED) is 0.268. The van der Waals surface area contributed by atoms with E-state index in [1.54, 1.807) is 4.90 Å². The molecule has 1 unspecified atom stereocenters. The maximum atomic E-state index is 13.4. The number of benzene rings is 2. The number of fused-ring (bicyclic) bond motifs is 3. The molecule has 9 nitrogen and oxygen atoms in total. The predicted octanol–water partition coefficient (Wildman–Crippen LogP) is 5.98. The summed E-state index contributed by atoms with van der Waals surface area (Å²) in [6, 6.07) is 10.9. The first-order valence-electron chi connectivity index (χ1n) is 13.0. The molecule has 1 amide bonds. The van der Waals surface area contributed by atoms with Gasteiger partial charge < -0.3 is 19.8 Å². The van der Waals surface area contributed by atoms with Crippen LogP contribution in [0.1, 0.15) is 30.1 Å². The van der Waals surface area contributed by atoms with Crippen LogP contribution < -0.4 is 10.1 Å². The highest BCUT2D eigenvalue weighted by molar-refractivity contribution is 6.31. The summed E-state index contributed by atoms with van der Waals surface area (Å²) in [5.41, 5.74) is 4.12. The number of ether oxygens (including phenoxy) is 2. The first-order chi connectivity index (χ1) is 19.5. The number of aromatic nitrogens is 4. The topological polar surface area (TPSA) is 105 Å². The number of hydrogen-bond acceptors (Lipinski definition) is 7. The van der Waals surface area contributed by atoms with Gasteiger partial charge in [-0.1, -0.05) is 17.7 Å². The number of anilines is 1. The molecule has 40 heavy (non-hydrogen) atoms. The number of hydrogen-bond donors (Lipinski definition) is 2. The van der Waals surface area contributed by atoms with E-state index in [-0.39, 0.29) is 6.04 Å². The molecule has 204 valence electrons. The molecule has 0 radical (unpaired) electrons. The van der Waals surface area contributed by atoms with Gasteiger partial charge in [-0.05, 0) is 72.5 Å². The summed E-state index contributed by atoms with van der Waals surface area (Å²) in [5.74, 6) is 1.26. The molecular weight excluding hydrogens is 535 g/mol. The summed E-state index contributed by atoms with van der Waals surface area (Å²) in [5, 5.41) is 4.81. The van der Waals surface area contributed by atoms with Crippen molar-refractivity contribution in [2.45, 2.75) is 25.3 Å². The van der Waals surface area contributed by atoms with Gasteiger partial charge in [0, 0.05) is 34.6 Å². The van der Waals surface area contributed by atoms with Crippen LogP contribution in [0.2, 0.25) is 5.02 Å². The van der Waals surface area contributed by atoms with E-state index in [9.17, 15) is 9.18 Å².